The van der Waals surface area contributed by atoms with E-state index in [0.29, 0.717) is 17.1 Å². The first-order valence-corrected chi connectivity index (χ1v) is 5.78. The van der Waals surface area contributed by atoms with Gasteiger partial charge in [0, 0.05) is 13.2 Å². The van der Waals surface area contributed by atoms with Crippen molar-refractivity contribution in [2.75, 3.05) is 0 Å². The number of aromatic hydroxyl groups is 1. The molecule has 19 heavy (non-hydrogen) atoms. The van der Waals surface area contributed by atoms with E-state index in [9.17, 15) is 5.11 Å². The Hall–Kier alpha value is -2.63. The lowest BCUT2D eigenvalue weighted by molar-refractivity contribution is 0.425. The predicted octanol–water partition coefficient (Wildman–Crippen LogP) is 2.15. The molecule has 96 valence electrons. The molecule has 0 aliphatic carbocycles. The van der Waals surface area contributed by atoms with Crippen molar-refractivity contribution in [1.82, 2.24) is 19.9 Å². The Morgan fingerprint density at radius 2 is 2.11 bits per heavy atom. The Morgan fingerprint density at radius 3 is 2.84 bits per heavy atom. The largest absolute Gasteiger partial charge is 0.507 e. The highest BCUT2D eigenvalue weighted by Gasteiger charge is 2.15. The van der Waals surface area contributed by atoms with E-state index in [-0.39, 0.29) is 11.6 Å². The summed E-state index contributed by atoms with van der Waals surface area (Å²) in [6.07, 6.45) is 1.80. The molecule has 0 saturated carbocycles. The highest BCUT2D eigenvalue weighted by molar-refractivity contribution is 5.65. The van der Waals surface area contributed by atoms with Gasteiger partial charge in [-0.3, -0.25) is 4.68 Å². The average molecular weight is 256 g/mol. The van der Waals surface area contributed by atoms with E-state index in [1.807, 2.05) is 26.1 Å². The van der Waals surface area contributed by atoms with Crippen LogP contribution in [0.2, 0.25) is 0 Å². The van der Waals surface area contributed by atoms with Crippen molar-refractivity contribution in [1.29, 1.82) is 0 Å². The van der Waals surface area contributed by atoms with Gasteiger partial charge in [-0.05, 0) is 24.6 Å². The highest BCUT2D eigenvalue weighted by atomic mass is 16.5. The van der Waals surface area contributed by atoms with Crippen molar-refractivity contribution in [2.24, 2.45) is 7.05 Å². The Kier molecular flexibility index (Phi) is 2.56. The fourth-order valence-corrected chi connectivity index (χ4v) is 1.80. The van der Waals surface area contributed by atoms with Crippen LogP contribution in [0.25, 0.3) is 23.0 Å². The molecule has 0 aliphatic heterocycles. The molecule has 0 bridgehead atoms. The zero-order chi connectivity index (χ0) is 13.4. The minimum Gasteiger partial charge on any atom is -0.507 e. The maximum absolute atomic E-state index is 9.99. The molecule has 0 saturated heterocycles. The second kappa shape index (κ2) is 4.24. The number of hydrogen-bond acceptors (Lipinski definition) is 5. The summed E-state index contributed by atoms with van der Waals surface area (Å²) in [5.41, 5.74) is 1.91. The standard InChI is InChI=1S/C13H12N4O2/c1-8-4-3-5-9(11(8)18)13-14-12(16-19-13)10-6-7-17(2)15-10/h3-7,18H,1-2H3. The molecule has 2 aromatic heterocycles. The Labute approximate surface area is 109 Å². The van der Waals surface area contributed by atoms with Gasteiger partial charge in [0.1, 0.15) is 11.4 Å². The molecule has 3 rings (SSSR count). The Bertz CT molecular complexity index is 730. The maximum atomic E-state index is 9.99. The minimum absolute atomic E-state index is 0.152. The average Bonchev–Trinajstić information content (AvgIpc) is 3.01. The summed E-state index contributed by atoms with van der Waals surface area (Å²) in [5, 5.41) is 18.1. The summed E-state index contributed by atoms with van der Waals surface area (Å²) in [6.45, 7) is 1.81. The van der Waals surface area contributed by atoms with Gasteiger partial charge in [0.05, 0.1) is 5.56 Å². The second-order valence-electron chi connectivity index (χ2n) is 4.27. The fourth-order valence-electron chi connectivity index (χ4n) is 1.80. The monoisotopic (exact) mass is 256 g/mol. The smallest absolute Gasteiger partial charge is 0.262 e. The van der Waals surface area contributed by atoms with E-state index in [4.69, 9.17) is 4.52 Å². The number of rotatable bonds is 2. The summed E-state index contributed by atoms with van der Waals surface area (Å²) in [5.74, 6) is 0.831. The van der Waals surface area contributed by atoms with Gasteiger partial charge in [0.25, 0.3) is 5.89 Å². The highest BCUT2D eigenvalue weighted by Crippen LogP contribution is 2.31. The van der Waals surface area contributed by atoms with Crippen LogP contribution in [0.4, 0.5) is 0 Å². The van der Waals surface area contributed by atoms with Gasteiger partial charge in [-0.15, -0.1) is 0 Å². The van der Waals surface area contributed by atoms with E-state index in [1.54, 1.807) is 23.0 Å². The zero-order valence-electron chi connectivity index (χ0n) is 10.5. The van der Waals surface area contributed by atoms with Gasteiger partial charge < -0.3 is 9.63 Å². The molecule has 0 spiro atoms. The van der Waals surface area contributed by atoms with Crippen molar-refractivity contribution >= 4 is 0 Å². The van der Waals surface area contributed by atoms with Gasteiger partial charge in [-0.25, -0.2) is 0 Å². The van der Waals surface area contributed by atoms with E-state index >= 15 is 0 Å². The first-order valence-electron chi connectivity index (χ1n) is 5.78. The molecule has 1 aromatic carbocycles. The number of para-hydroxylation sites is 1. The van der Waals surface area contributed by atoms with Crippen LogP contribution < -0.4 is 0 Å². The number of aromatic nitrogens is 4. The summed E-state index contributed by atoms with van der Waals surface area (Å²) >= 11 is 0. The lowest BCUT2D eigenvalue weighted by Gasteiger charge is -2.01. The van der Waals surface area contributed by atoms with Crippen LogP contribution in [0.15, 0.2) is 35.0 Å². The first-order chi connectivity index (χ1) is 9.15. The molecule has 0 aliphatic rings. The van der Waals surface area contributed by atoms with Gasteiger partial charge in [0.2, 0.25) is 5.82 Å². The molecule has 6 nitrogen and oxygen atoms in total. The van der Waals surface area contributed by atoms with Crippen molar-refractivity contribution in [3.63, 3.8) is 0 Å². The van der Waals surface area contributed by atoms with Crippen LogP contribution in [-0.4, -0.2) is 25.0 Å². The maximum Gasteiger partial charge on any atom is 0.262 e. The Morgan fingerprint density at radius 1 is 1.26 bits per heavy atom. The number of aryl methyl sites for hydroxylation is 2. The lowest BCUT2D eigenvalue weighted by Crippen LogP contribution is -1.89. The van der Waals surface area contributed by atoms with E-state index in [0.717, 1.165) is 5.56 Å². The summed E-state index contributed by atoms with van der Waals surface area (Å²) in [4.78, 5) is 4.25. The van der Waals surface area contributed by atoms with Crippen LogP contribution in [-0.2, 0) is 7.05 Å². The second-order valence-corrected chi connectivity index (χ2v) is 4.27. The number of nitrogens with zero attached hydrogens (tertiary/aromatic N) is 4. The molecule has 6 heteroatoms. The SMILES string of the molecule is Cc1cccc(-c2nc(-c3ccn(C)n3)no2)c1O. The molecule has 0 radical (unpaired) electrons. The summed E-state index contributed by atoms with van der Waals surface area (Å²) in [7, 11) is 1.82. The molecular weight excluding hydrogens is 244 g/mol. The quantitative estimate of drug-likeness (QED) is 0.760. The first kappa shape index (κ1) is 11.5. The third-order valence-corrected chi connectivity index (χ3v) is 2.84. The van der Waals surface area contributed by atoms with Crippen molar-refractivity contribution in [2.45, 2.75) is 6.92 Å². The van der Waals surface area contributed by atoms with Crippen LogP contribution in [0, 0.1) is 6.92 Å². The molecule has 0 atom stereocenters. The molecule has 3 aromatic rings. The third-order valence-electron chi connectivity index (χ3n) is 2.84. The normalized spacial score (nSPS) is 10.8. The van der Waals surface area contributed by atoms with E-state index < -0.39 is 0 Å². The predicted molar refractivity (Wildman–Crippen MR) is 68.3 cm³/mol. The summed E-state index contributed by atoms with van der Waals surface area (Å²) in [6, 6.07) is 7.17. The number of hydrogen-bond donors (Lipinski definition) is 1. The Balaban J connectivity index is 2.04. The van der Waals surface area contributed by atoms with Crippen LogP contribution in [0.5, 0.6) is 5.75 Å². The molecular formula is C13H12N4O2. The minimum atomic E-state index is 0.152. The molecule has 1 N–H and O–H groups in total. The van der Waals surface area contributed by atoms with Crippen molar-refractivity contribution in [3.8, 4) is 28.7 Å². The van der Waals surface area contributed by atoms with Gasteiger partial charge in [0.15, 0.2) is 0 Å². The van der Waals surface area contributed by atoms with E-state index in [1.165, 1.54) is 0 Å². The lowest BCUT2D eigenvalue weighted by atomic mass is 10.1. The summed E-state index contributed by atoms with van der Waals surface area (Å²) < 4.78 is 6.84. The van der Waals surface area contributed by atoms with Crippen molar-refractivity contribution in [3.05, 3.63) is 36.0 Å². The van der Waals surface area contributed by atoms with Gasteiger partial charge in [-0.1, -0.05) is 17.3 Å². The van der Waals surface area contributed by atoms with Crippen LogP contribution >= 0.6 is 0 Å². The van der Waals surface area contributed by atoms with Crippen LogP contribution in [0.3, 0.4) is 0 Å². The van der Waals surface area contributed by atoms with Crippen LogP contribution in [0.1, 0.15) is 5.56 Å². The molecule has 0 fully saturated rings. The van der Waals surface area contributed by atoms with Gasteiger partial charge in [-0.2, -0.15) is 10.1 Å². The number of phenols is 1. The van der Waals surface area contributed by atoms with E-state index in [2.05, 4.69) is 15.2 Å². The topological polar surface area (TPSA) is 77.0 Å². The van der Waals surface area contributed by atoms with Gasteiger partial charge >= 0.3 is 0 Å². The molecule has 0 amide bonds. The fraction of sp³-hybridized carbons (Fsp3) is 0.154. The number of benzene rings is 1. The molecule has 2 heterocycles. The third kappa shape index (κ3) is 1.97. The van der Waals surface area contributed by atoms with Crippen molar-refractivity contribution < 1.29 is 9.63 Å². The zero-order valence-corrected chi connectivity index (χ0v) is 10.5. The molecule has 0 unspecified atom stereocenters. The number of phenolic OH excluding ortho intramolecular Hbond substituents is 1.